The van der Waals surface area contributed by atoms with E-state index in [-0.39, 0.29) is 11.7 Å². The van der Waals surface area contributed by atoms with Crippen LogP contribution in [-0.4, -0.2) is 24.8 Å². The van der Waals surface area contributed by atoms with E-state index >= 15 is 0 Å². The second-order valence-electron chi connectivity index (χ2n) is 7.09. The van der Waals surface area contributed by atoms with Gasteiger partial charge in [0, 0.05) is 6.08 Å². The summed E-state index contributed by atoms with van der Waals surface area (Å²) in [5.74, 6) is 0.602. The summed E-state index contributed by atoms with van der Waals surface area (Å²) in [6, 6.07) is 4.88. The van der Waals surface area contributed by atoms with Gasteiger partial charge in [0.1, 0.15) is 0 Å². The molecule has 1 N–H and O–H groups in total. The Morgan fingerprint density at radius 2 is 2.04 bits per heavy atom. The molecule has 0 bridgehead atoms. The van der Waals surface area contributed by atoms with Crippen LogP contribution in [0.4, 0.5) is 0 Å². The molecule has 0 heterocycles. The van der Waals surface area contributed by atoms with Crippen molar-refractivity contribution in [2.75, 3.05) is 13.7 Å². The van der Waals surface area contributed by atoms with Gasteiger partial charge in [-0.15, -0.1) is 0 Å². The van der Waals surface area contributed by atoms with Gasteiger partial charge in [0.15, 0.2) is 11.5 Å². The zero-order chi connectivity index (χ0) is 17.5. The largest absolute Gasteiger partial charge is 0.504 e. The number of hydrogen-bond donors (Lipinski definition) is 1. The minimum atomic E-state index is -0.361. The molecule has 0 amide bonds. The highest BCUT2D eigenvalue weighted by atomic mass is 16.5. The molecule has 1 rings (SSSR count). The van der Waals surface area contributed by atoms with Gasteiger partial charge in [-0.1, -0.05) is 33.8 Å². The van der Waals surface area contributed by atoms with Crippen LogP contribution in [0, 0.1) is 11.3 Å². The van der Waals surface area contributed by atoms with E-state index in [9.17, 15) is 9.90 Å². The molecule has 1 unspecified atom stereocenters. The summed E-state index contributed by atoms with van der Waals surface area (Å²) in [5.41, 5.74) is 1.05. The molecule has 0 aliphatic carbocycles. The standard InChI is InChI=1S/C19H28O4/c1-14(13-19(2,3)4)10-11-23-18(21)9-7-15-6-8-16(20)17(12-15)22-5/h6-9,12,14,20H,10-11,13H2,1-5H3. The summed E-state index contributed by atoms with van der Waals surface area (Å²) >= 11 is 0. The Bertz CT molecular complexity index is 541. The molecule has 0 aromatic heterocycles. The first-order chi connectivity index (χ1) is 10.7. The molecule has 23 heavy (non-hydrogen) atoms. The number of hydrogen-bond acceptors (Lipinski definition) is 4. The maximum Gasteiger partial charge on any atom is 0.330 e. The van der Waals surface area contributed by atoms with Crippen molar-refractivity contribution in [3.05, 3.63) is 29.8 Å². The van der Waals surface area contributed by atoms with Gasteiger partial charge in [0.25, 0.3) is 0 Å². The summed E-state index contributed by atoms with van der Waals surface area (Å²) in [4.78, 5) is 11.7. The Hall–Kier alpha value is -1.97. The van der Waals surface area contributed by atoms with Crippen molar-refractivity contribution >= 4 is 12.0 Å². The highest BCUT2D eigenvalue weighted by molar-refractivity contribution is 5.87. The predicted octanol–water partition coefficient (Wildman–Crippen LogP) is 4.42. The van der Waals surface area contributed by atoms with Crippen LogP contribution in [0.15, 0.2) is 24.3 Å². The second-order valence-corrected chi connectivity index (χ2v) is 7.09. The Balaban J connectivity index is 2.42. The minimum absolute atomic E-state index is 0.0695. The lowest BCUT2D eigenvalue weighted by atomic mass is 9.84. The number of methoxy groups -OCH3 is 1. The summed E-state index contributed by atoms with van der Waals surface area (Å²) in [6.07, 6.45) is 5.00. The van der Waals surface area contributed by atoms with E-state index in [1.165, 1.54) is 19.3 Å². The highest BCUT2D eigenvalue weighted by Crippen LogP contribution is 2.27. The molecule has 4 heteroatoms. The van der Waals surface area contributed by atoms with Gasteiger partial charge in [0.2, 0.25) is 0 Å². The molecule has 0 spiro atoms. The summed E-state index contributed by atoms with van der Waals surface area (Å²) < 4.78 is 10.2. The molecule has 128 valence electrons. The number of benzene rings is 1. The van der Waals surface area contributed by atoms with Gasteiger partial charge in [-0.2, -0.15) is 0 Å². The first-order valence-electron chi connectivity index (χ1n) is 7.93. The average Bonchev–Trinajstić information content (AvgIpc) is 2.44. The molecule has 4 nitrogen and oxygen atoms in total. The molecular weight excluding hydrogens is 292 g/mol. The van der Waals surface area contributed by atoms with E-state index in [1.54, 1.807) is 18.2 Å². The van der Waals surface area contributed by atoms with E-state index in [0.717, 1.165) is 18.4 Å². The van der Waals surface area contributed by atoms with Crippen LogP contribution in [0.25, 0.3) is 6.08 Å². The maximum atomic E-state index is 11.7. The van der Waals surface area contributed by atoms with Crippen molar-refractivity contribution < 1.29 is 19.4 Å². The van der Waals surface area contributed by atoms with Crippen LogP contribution in [0.1, 0.15) is 46.1 Å². The molecule has 0 radical (unpaired) electrons. The fourth-order valence-corrected chi connectivity index (χ4v) is 2.52. The van der Waals surface area contributed by atoms with Gasteiger partial charge < -0.3 is 14.6 Å². The van der Waals surface area contributed by atoms with E-state index < -0.39 is 0 Å². The van der Waals surface area contributed by atoms with E-state index in [4.69, 9.17) is 9.47 Å². The lowest BCUT2D eigenvalue weighted by Crippen LogP contribution is -2.13. The smallest absolute Gasteiger partial charge is 0.330 e. The third-order valence-corrected chi connectivity index (χ3v) is 3.43. The molecule has 0 aliphatic rings. The summed E-state index contributed by atoms with van der Waals surface area (Å²) in [6.45, 7) is 9.25. The fourth-order valence-electron chi connectivity index (χ4n) is 2.52. The Morgan fingerprint density at radius 1 is 1.35 bits per heavy atom. The van der Waals surface area contributed by atoms with Gasteiger partial charge in [0.05, 0.1) is 13.7 Å². The summed E-state index contributed by atoms with van der Waals surface area (Å²) in [5, 5.41) is 9.52. The summed E-state index contributed by atoms with van der Waals surface area (Å²) in [7, 11) is 1.48. The highest BCUT2D eigenvalue weighted by Gasteiger charge is 2.15. The second kappa shape index (κ2) is 8.61. The minimum Gasteiger partial charge on any atom is -0.504 e. The van der Waals surface area contributed by atoms with Crippen molar-refractivity contribution in [3.63, 3.8) is 0 Å². The lowest BCUT2D eigenvalue weighted by Gasteiger charge is -2.22. The van der Waals surface area contributed by atoms with Crippen molar-refractivity contribution in [1.29, 1.82) is 0 Å². The molecular formula is C19H28O4. The average molecular weight is 320 g/mol. The predicted molar refractivity (Wildman–Crippen MR) is 92.5 cm³/mol. The third kappa shape index (κ3) is 7.73. The molecule has 1 aromatic carbocycles. The van der Waals surface area contributed by atoms with Crippen molar-refractivity contribution in [2.24, 2.45) is 11.3 Å². The first-order valence-corrected chi connectivity index (χ1v) is 7.93. The SMILES string of the molecule is COc1cc(C=CC(=O)OCCC(C)CC(C)(C)C)ccc1O. The number of carbonyl (C=O) groups is 1. The number of ether oxygens (including phenoxy) is 2. The van der Waals surface area contributed by atoms with Crippen LogP contribution in [-0.2, 0) is 9.53 Å². The number of phenolic OH excluding ortho intramolecular Hbond substituents is 1. The molecule has 0 saturated carbocycles. The number of rotatable bonds is 7. The lowest BCUT2D eigenvalue weighted by molar-refractivity contribution is -0.138. The van der Waals surface area contributed by atoms with Gasteiger partial charge in [-0.05, 0) is 47.9 Å². The normalized spacial score (nSPS) is 13.1. The first kappa shape index (κ1) is 19.1. The fraction of sp³-hybridized carbons (Fsp3) is 0.526. The van der Waals surface area contributed by atoms with E-state index in [2.05, 4.69) is 27.7 Å². The van der Waals surface area contributed by atoms with Crippen LogP contribution in [0.3, 0.4) is 0 Å². The zero-order valence-corrected chi connectivity index (χ0v) is 14.8. The van der Waals surface area contributed by atoms with Gasteiger partial charge in [-0.3, -0.25) is 0 Å². The number of carbonyl (C=O) groups excluding carboxylic acids is 1. The number of aromatic hydroxyl groups is 1. The molecule has 1 aromatic rings. The molecule has 0 saturated heterocycles. The Labute approximate surface area is 139 Å². The van der Waals surface area contributed by atoms with E-state index in [0.29, 0.717) is 23.7 Å². The van der Waals surface area contributed by atoms with Crippen LogP contribution >= 0.6 is 0 Å². The zero-order valence-electron chi connectivity index (χ0n) is 14.8. The maximum absolute atomic E-state index is 11.7. The number of esters is 1. The van der Waals surface area contributed by atoms with Gasteiger partial charge >= 0.3 is 5.97 Å². The van der Waals surface area contributed by atoms with Crippen molar-refractivity contribution in [1.82, 2.24) is 0 Å². The van der Waals surface area contributed by atoms with Crippen molar-refractivity contribution in [2.45, 2.75) is 40.5 Å². The third-order valence-electron chi connectivity index (χ3n) is 3.43. The monoisotopic (exact) mass is 320 g/mol. The van der Waals surface area contributed by atoms with Crippen LogP contribution in [0.2, 0.25) is 0 Å². The Kier molecular flexibility index (Phi) is 7.14. The van der Waals surface area contributed by atoms with Crippen LogP contribution < -0.4 is 4.74 Å². The molecule has 1 atom stereocenters. The van der Waals surface area contributed by atoms with Gasteiger partial charge in [-0.25, -0.2) is 4.79 Å². The van der Waals surface area contributed by atoms with Crippen molar-refractivity contribution in [3.8, 4) is 11.5 Å². The molecule has 0 fully saturated rings. The van der Waals surface area contributed by atoms with Crippen LogP contribution in [0.5, 0.6) is 11.5 Å². The topological polar surface area (TPSA) is 55.8 Å². The number of phenols is 1. The quantitative estimate of drug-likeness (QED) is 0.597. The molecule has 0 aliphatic heterocycles. The Morgan fingerprint density at radius 3 is 2.65 bits per heavy atom. The van der Waals surface area contributed by atoms with E-state index in [1.807, 2.05) is 0 Å².